The van der Waals surface area contributed by atoms with Crippen molar-refractivity contribution in [2.75, 3.05) is 11.9 Å². The van der Waals surface area contributed by atoms with Crippen molar-refractivity contribution in [2.45, 2.75) is 11.8 Å². The fourth-order valence-electron chi connectivity index (χ4n) is 1.87. The second-order valence-corrected chi connectivity index (χ2v) is 6.53. The molecule has 0 aliphatic carbocycles. The van der Waals surface area contributed by atoms with E-state index in [1.165, 1.54) is 31.2 Å². The minimum Gasteiger partial charge on any atom is -0.325 e. The van der Waals surface area contributed by atoms with Crippen molar-refractivity contribution in [3.05, 3.63) is 59.7 Å². The molecular weight excluding hydrogens is 326 g/mol. The van der Waals surface area contributed by atoms with Crippen molar-refractivity contribution in [1.29, 1.82) is 0 Å². The highest BCUT2D eigenvalue weighted by atomic mass is 32.2. The van der Waals surface area contributed by atoms with Gasteiger partial charge in [0.1, 0.15) is 11.6 Å². The van der Waals surface area contributed by atoms with E-state index in [4.69, 9.17) is 0 Å². The zero-order valence-electron chi connectivity index (χ0n) is 12.1. The standard InChI is InChI=1S/C15H14F2N2O3S/c1-10-5-6-12(17)8-14(10)23(21,22)18-9-15(20)19-13-4-2-3-11(16)7-13/h2-8,18H,9H2,1H3,(H,19,20). The maximum atomic E-state index is 13.2. The minimum absolute atomic E-state index is 0.205. The Morgan fingerprint density at radius 2 is 1.78 bits per heavy atom. The molecule has 2 aromatic carbocycles. The summed E-state index contributed by atoms with van der Waals surface area (Å²) < 4.78 is 52.5. The molecular formula is C15H14F2N2O3S. The van der Waals surface area contributed by atoms with E-state index in [0.717, 1.165) is 18.2 Å². The van der Waals surface area contributed by atoms with E-state index in [0.29, 0.717) is 5.56 Å². The van der Waals surface area contributed by atoms with Crippen LogP contribution in [-0.2, 0) is 14.8 Å². The lowest BCUT2D eigenvalue weighted by Crippen LogP contribution is -2.33. The van der Waals surface area contributed by atoms with Crippen LogP contribution >= 0.6 is 0 Å². The van der Waals surface area contributed by atoms with Gasteiger partial charge in [-0.1, -0.05) is 12.1 Å². The van der Waals surface area contributed by atoms with Crippen LogP contribution in [0.1, 0.15) is 5.56 Å². The number of aryl methyl sites for hydroxylation is 1. The van der Waals surface area contributed by atoms with Crippen LogP contribution in [0.25, 0.3) is 0 Å². The summed E-state index contributed by atoms with van der Waals surface area (Å²) in [6.45, 7) is 0.954. The number of hydrogen-bond donors (Lipinski definition) is 2. The number of sulfonamides is 1. The number of halogens is 2. The van der Waals surface area contributed by atoms with Crippen LogP contribution in [0.3, 0.4) is 0 Å². The second-order valence-electron chi connectivity index (χ2n) is 4.79. The highest BCUT2D eigenvalue weighted by Gasteiger charge is 2.18. The molecule has 0 saturated heterocycles. The second kappa shape index (κ2) is 6.84. The number of rotatable bonds is 5. The molecule has 0 atom stereocenters. The molecule has 0 aliphatic rings. The van der Waals surface area contributed by atoms with E-state index in [1.807, 2.05) is 0 Å². The average Bonchev–Trinajstić information content (AvgIpc) is 2.48. The third-order valence-electron chi connectivity index (χ3n) is 2.97. The van der Waals surface area contributed by atoms with Crippen molar-refractivity contribution in [2.24, 2.45) is 0 Å². The Morgan fingerprint density at radius 1 is 1.09 bits per heavy atom. The summed E-state index contributed by atoms with van der Waals surface area (Å²) in [4.78, 5) is 11.5. The van der Waals surface area contributed by atoms with Gasteiger partial charge in [-0.25, -0.2) is 21.9 Å². The zero-order chi connectivity index (χ0) is 17.0. The lowest BCUT2D eigenvalue weighted by atomic mass is 10.2. The number of carbonyl (C=O) groups excluding carboxylic acids is 1. The lowest BCUT2D eigenvalue weighted by Gasteiger charge is -2.10. The van der Waals surface area contributed by atoms with Crippen molar-refractivity contribution < 1.29 is 22.0 Å². The van der Waals surface area contributed by atoms with Gasteiger partial charge in [-0.05, 0) is 42.8 Å². The van der Waals surface area contributed by atoms with E-state index in [9.17, 15) is 22.0 Å². The summed E-state index contributed by atoms with van der Waals surface area (Å²) in [6, 6.07) is 8.54. The maximum Gasteiger partial charge on any atom is 0.241 e. The Hall–Kier alpha value is -2.32. The van der Waals surface area contributed by atoms with Gasteiger partial charge >= 0.3 is 0 Å². The predicted octanol–water partition coefficient (Wildman–Crippen LogP) is 2.19. The van der Waals surface area contributed by atoms with Crippen LogP contribution in [-0.4, -0.2) is 20.9 Å². The van der Waals surface area contributed by atoms with Crippen molar-refractivity contribution in [3.8, 4) is 0 Å². The molecule has 23 heavy (non-hydrogen) atoms. The first kappa shape index (κ1) is 17.0. The van der Waals surface area contributed by atoms with Gasteiger partial charge < -0.3 is 5.32 Å². The smallest absolute Gasteiger partial charge is 0.241 e. The average molecular weight is 340 g/mol. The fraction of sp³-hybridized carbons (Fsp3) is 0.133. The van der Waals surface area contributed by atoms with Gasteiger partial charge in [-0.3, -0.25) is 4.79 Å². The summed E-state index contributed by atoms with van der Waals surface area (Å²) in [5, 5.41) is 2.35. The van der Waals surface area contributed by atoms with Gasteiger partial charge in [0.25, 0.3) is 0 Å². The molecule has 0 unspecified atom stereocenters. The van der Waals surface area contributed by atoms with E-state index >= 15 is 0 Å². The van der Waals surface area contributed by atoms with Crippen LogP contribution < -0.4 is 10.0 Å². The molecule has 0 saturated carbocycles. The highest BCUT2D eigenvalue weighted by Crippen LogP contribution is 2.16. The first-order valence-electron chi connectivity index (χ1n) is 6.59. The molecule has 2 aromatic rings. The quantitative estimate of drug-likeness (QED) is 0.876. The van der Waals surface area contributed by atoms with Gasteiger partial charge in [0.2, 0.25) is 15.9 Å². The number of nitrogens with one attached hydrogen (secondary N) is 2. The molecule has 0 aromatic heterocycles. The van der Waals surface area contributed by atoms with Gasteiger partial charge in [0.05, 0.1) is 11.4 Å². The van der Waals surface area contributed by atoms with E-state index in [2.05, 4.69) is 10.0 Å². The summed E-state index contributed by atoms with van der Waals surface area (Å²) in [5.41, 5.74) is 0.556. The summed E-state index contributed by atoms with van der Waals surface area (Å²) in [6.07, 6.45) is 0. The third-order valence-corrected chi connectivity index (χ3v) is 4.51. The lowest BCUT2D eigenvalue weighted by molar-refractivity contribution is -0.115. The largest absolute Gasteiger partial charge is 0.325 e. The molecule has 5 nitrogen and oxygen atoms in total. The van der Waals surface area contributed by atoms with E-state index in [-0.39, 0.29) is 10.6 Å². The molecule has 1 amide bonds. The molecule has 0 aliphatic heterocycles. The summed E-state index contributed by atoms with van der Waals surface area (Å²) >= 11 is 0. The first-order valence-corrected chi connectivity index (χ1v) is 8.07. The predicted molar refractivity (Wildman–Crippen MR) is 81.4 cm³/mol. The van der Waals surface area contributed by atoms with Crippen molar-refractivity contribution in [1.82, 2.24) is 4.72 Å². The Kier molecular flexibility index (Phi) is 5.07. The first-order chi connectivity index (χ1) is 10.8. The van der Waals surface area contributed by atoms with Gasteiger partial charge in [0, 0.05) is 5.69 Å². The molecule has 2 rings (SSSR count). The number of benzene rings is 2. The van der Waals surface area contributed by atoms with Crippen LogP contribution in [0.4, 0.5) is 14.5 Å². The molecule has 0 radical (unpaired) electrons. The number of amides is 1. The van der Waals surface area contributed by atoms with Crippen LogP contribution in [0.5, 0.6) is 0 Å². The van der Waals surface area contributed by atoms with Crippen LogP contribution in [0, 0.1) is 18.6 Å². The molecule has 0 bridgehead atoms. The zero-order valence-corrected chi connectivity index (χ0v) is 13.0. The van der Waals surface area contributed by atoms with Gasteiger partial charge in [0.15, 0.2) is 0 Å². The van der Waals surface area contributed by atoms with Crippen molar-refractivity contribution in [3.63, 3.8) is 0 Å². The van der Waals surface area contributed by atoms with Gasteiger partial charge in [-0.15, -0.1) is 0 Å². The van der Waals surface area contributed by atoms with Crippen molar-refractivity contribution >= 4 is 21.6 Å². The number of carbonyl (C=O) groups is 1. The Labute approximate surface area is 132 Å². The Balaban J connectivity index is 2.04. The number of anilines is 1. The van der Waals surface area contributed by atoms with Crippen LogP contribution in [0.2, 0.25) is 0 Å². The molecule has 0 spiro atoms. The Bertz CT molecular complexity index is 838. The van der Waals surface area contributed by atoms with E-state index < -0.39 is 34.1 Å². The molecule has 0 heterocycles. The summed E-state index contributed by atoms with van der Waals surface area (Å²) in [7, 11) is -4.03. The third kappa shape index (κ3) is 4.57. The highest BCUT2D eigenvalue weighted by molar-refractivity contribution is 7.89. The molecule has 8 heteroatoms. The Morgan fingerprint density at radius 3 is 2.48 bits per heavy atom. The molecule has 122 valence electrons. The van der Waals surface area contributed by atoms with Crippen LogP contribution in [0.15, 0.2) is 47.4 Å². The normalized spacial score (nSPS) is 11.3. The molecule has 0 fully saturated rings. The minimum atomic E-state index is -4.03. The topological polar surface area (TPSA) is 75.3 Å². The monoisotopic (exact) mass is 340 g/mol. The SMILES string of the molecule is Cc1ccc(F)cc1S(=O)(=O)NCC(=O)Nc1cccc(F)c1. The van der Waals surface area contributed by atoms with Gasteiger partial charge in [-0.2, -0.15) is 0 Å². The maximum absolute atomic E-state index is 13.2. The fourth-order valence-corrected chi connectivity index (χ4v) is 3.11. The number of hydrogen-bond acceptors (Lipinski definition) is 3. The van der Waals surface area contributed by atoms with E-state index in [1.54, 1.807) is 0 Å². The summed E-state index contributed by atoms with van der Waals surface area (Å²) in [5.74, 6) is -1.90. The molecule has 2 N–H and O–H groups in total.